The van der Waals surface area contributed by atoms with Crippen LogP contribution in [0.3, 0.4) is 0 Å². The van der Waals surface area contributed by atoms with E-state index in [4.69, 9.17) is 10.5 Å². The Labute approximate surface area is 97.8 Å². The highest BCUT2D eigenvalue weighted by Crippen LogP contribution is 2.42. The second kappa shape index (κ2) is 4.10. The number of hydrogen-bond acceptors (Lipinski definition) is 2. The first-order valence-corrected chi connectivity index (χ1v) is 6.09. The molecule has 0 saturated heterocycles. The van der Waals surface area contributed by atoms with E-state index in [1.807, 2.05) is 0 Å². The zero-order chi connectivity index (χ0) is 11.9. The third-order valence-corrected chi connectivity index (χ3v) is 3.61. The van der Waals surface area contributed by atoms with Crippen LogP contribution in [0.4, 0.5) is 0 Å². The van der Waals surface area contributed by atoms with Crippen molar-refractivity contribution < 1.29 is 4.74 Å². The Morgan fingerprint density at radius 1 is 1.25 bits per heavy atom. The Kier molecular flexibility index (Phi) is 2.94. The van der Waals surface area contributed by atoms with E-state index in [-0.39, 0.29) is 12.1 Å². The van der Waals surface area contributed by atoms with Crippen LogP contribution in [0.5, 0.6) is 5.75 Å². The van der Waals surface area contributed by atoms with Gasteiger partial charge in [-0.25, -0.2) is 0 Å². The zero-order valence-corrected chi connectivity index (χ0v) is 10.6. The van der Waals surface area contributed by atoms with Gasteiger partial charge in [-0.1, -0.05) is 19.4 Å². The molecule has 0 aliphatic carbocycles. The molecule has 1 aliphatic rings. The molecule has 2 atom stereocenters. The average molecular weight is 219 g/mol. The first kappa shape index (κ1) is 11.5. The van der Waals surface area contributed by atoms with Crippen LogP contribution in [0.1, 0.15) is 48.1 Å². The molecule has 2 nitrogen and oxygen atoms in total. The fraction of sp³-hybridized carbons (Fsp3) is 0.571. The lowest BCUT2D eigenvalue weighted by Crippen LogP contribution is -2.25. The Bertz CT molecular complexity index is 412. The molecule has 2 heteroatoms. The summed E-state index contributed by atoms with van der Waals surface area (Å²) in [6.07, 6.45) is 2.32. The SMILES string of the molecule is CCCC1Oc2c(C)c(C)cc(C)c2C1N. The molecule has 0 fully saturated rings. The predicted octanol–water partition coefficient (Wildman–Crippen LogP) is 3.17. The number of hydrogen-bond donors (Lipinski definition) is 1. The summed E-state index contributed by atoms with van der Waals surface area (Å²) in [5, 5.41) is 0. The van der Waals surface area contributed by atoms with Gasteiger partial charge in [-0.2, -0.15) is 0 Å². The molecular formula is C14H21NO. The van der Waals surface area contributed by atoms with E-state index < -0.39 is 0 Å². The van der Waals surface area contributed by atoms with Crippen molar-refractivity contribution in [3.63, 3.8) is 0 Å². The summed E-state index contributed by atoms with van der Waals surface area (Å²) in [6, 6.07) is 2.26. The van der Waals surface area contributed by atoms with Crippen molar-refractivity contribution in [3.8, 4) is 5.75 Å². The standard InChI is InChI=1S/C14H21NO/c1-5-6-11-13(15)12-9(3)7-8(2)10(4)14(12)16-11/h7,11,13H,5-6,15H2,1-4H3. The maximum atomic E-state index is 6.27. The van der Waals surface area contributed by atoms with Gasteiger partial charge in [0.15, 0.2) is 0 Å². The Balaban J connectivity index is 2.46. The van der Waals surface area contributed by atoms with Crippen LogP contribution >= 0.6 is 0 Å². The Morgan fingerprint density at radius 3 is 2.56 bits per heavy atom. The largest absolute Gasteiger partial charge is 0.488 e. The smallest absolute Gasteiger partial charge is 0.128 e. The molecule has 0 amide bonds. The second-order valence-electron chi connectivity index (χ2n) is 4.85. The van der Waals surface area contributed by atoms with Gasteiger partial charge in [0.25, 0.3) is 0 Å². The zero-order valence-electron chi connectivity index (χ0n) is 10.6. The minimum Gasteiger partial charge on any atom is -0.488 e. The maximum Gasteiger partial charge on any atom is 0.128 e. The van der Waals surface area contributed by atoms with E-state index in [1.165, 1.54) is 22.3 Å². The number of benzene rings is 1. The monoisotopic (exact) mass is 219 g/mol. The van der Waals surface area contributed by atoms with Gasteiger partial charge in [0.05, 0.1) is 6.04 Å². The molecule has 2 N–H and O–H groups in total. The molecule has 0 bridgehead atoms. The average Bonchev–Trinajstić information content (AvgIpc) is 2.55. The van der Waals surface area contributed by atoms with Crippen LogP contribution in [0.15, 0.2) is 6.07 Å². The van der Waals surface area contributed by atoms with Gasteiger partial charge in [0.2, 0.25) is 0 Å². The van der Waals surface area contributed by atoms with Crippen LogP contribution in [0.2, 0.25) is 0 Å². The lowest BCUT2D eigenvalue weighted by atomic mass is 9.94. The number of fused-ring (bicyclic) bond motifs is 1. The molecule has 0 saturated carbocycles. The minimum atomic E-state index is 0.0502. The van der Waals surface area contributed by atoms with Gasteiger partial charge in [-0.05, 0) is 43.9 Å². The molecule has 1 heterocycles. The van der Waals surface area contributed by atoms with Crippen LogP contribution in [0.25, 0.3) is 0 Å². The lowest BCUT2D eigenvalue weighted by molar-refractivity contribution is 0.194. The van der Waals surface area contributed by atoms with E-state index in [0.717, 1.165) is 18.6 Å². The molecule has 1 aliphatic heterocycles. The summed E-state index contributed by atoms with van der Waals surface area (Å²) in [6.45, 7) is 8.55. The Morgan fingerprint density at radius 2 is 1.94 bits per heavy atom. The molecule has 88 valence electrons. The van der Waals surface area contributed by atoms with E-state index in [9.17, 15) is 0 Å². The van der Waals surface area contributed by atoms with E-state index in [1.54, 1.807) is 0 Å². The third-order valence-electron chi connectivity index (χ3n) is 3.61. The summed E-state index contributed by atoms with van der Waals surface area (Å²) >= 11 is 0. The lowest BCUT2D eigenvalue weighted by Gasteiger charge is -2.14. The van der Waals surface area contributed by atoms with Crippen molar-refractivity contribution in [2.45, 2.75) is 52.7 Å². The number of aryl methyl sites for hydroxylation is 2. The van der Waals surface area contributed by atoms with Gasteiger partial charge >= 0.3 is 0 Å². The van der Waals surface area contributed by atoms with Gasteiger partial charge in [0.1, 0.15) is 11.9 Å². The molecule has 0 spiro atoms. The van der Waals surface area contributed by atoms with Crippen LogP contribution < -0.4 is 10.5 Å². The van der Waals surface area contributed by atoms with Gasteiger partial charge in [-0.15, -0.1) is 0 Å². The number of nitrogens with two attached hydrogens (primary N) is 1. The van der Waals surface area contributed by atoms with Crippen molar-refractivity contribution in [2.75, 3.05) is 0 Å². The normalized spacial score (nSPS) is 23.1. The molecule has 2 rings (SSSR count). The highest BCUT2D eigenvalue weighted by molar-refractivity contribution is 5.53. The quantitative estimate of drug-likeness (QED) is 0.829. The van der Waals surface area contributed by atoms with Crippen molar-refractivity contribution in [1.82, 2.24) is 0 Å². The van der Waals surface area contributed by atoms with E-state index in [0.29, 0.717) is 0 Å². The minimum absolute atomic E-state index is 0.0502. The van der Waals surface area contributed by atoms with Crippen LogP contribution in [-0.4, -0.2) is 6.10 Å². The molecule has 0 aromatic heterocycles. The summed E-state index contributed by atoms with van der Waals surface area (Å²) in [5.74, 6) is 1.04. The van der Waals surface area contributed by atoms with Crippen molar-refractivity contribution in [1.29, 1.82) is 0 Å². The molecular weight excluding hydrogens is 198 g/mol. The highest BCUT2D eigenvalue weighted by atomic mass is 16.5. The number of rotatable bonds is 2. The van der Waals surface area contributed by atoms with E-state index in [2.05, 4.69) is 33.8 Å². The van der Waals surface area contributed by atoms with Crippen molar-refractivity contribution >= 4 is 0 Å². The van der Waals surface area contributed by atoms with E-state index >= 15 is 0 Å². The highest BCUT2D eigenvalue weighted by Gasteiger charge is 2.33. The first-order valence-electron chi connectivity index (χ1n) is 6.09. The second-order valence-corrected chi connectivity index (χ2v) is 4.85. The summed E-state index contributed by atoms with van der Waals surface area (Å²) in [7, 11) is 0. The third kappa shape index (κ3) is 1.61. The van der Waals surface area contributed by atoms with Gasteiger partial charge in [0, 0.05) is 5.56 Å². The fourth-order valence-electron chi connectivity index (χ4n) is 2.57. The summed E-state index contributed by atoms with van der Waals surface area (Å²) < 4.78 is 6.03. The van der Waals surface area contributed by atoms with Gasteiger partial charge in [-0.3, -0.25) is 0 Å². The molecule has 2 unspecified atom stereocenters. The summed E-state index contributed by atoms with van der Waals surface area (Å²) in [4.78, 5) is 0. The molecule has 1 aromatic carbocycles. The first-order chi connectivity index (χ1) is 7.56. The molecule has 1 aromatic rings. The van der Waals surface area contributed by atoms with Gasteiger partial charge < -0.3 is 10.5 Å². The predicted molar refractivity (Wildman–Crippen MR) is 66.9 cm³/mol. The van der Waals surface area contributed by atoms with Crippen LogP contribution in [0, 0.1) is 20.8 Å². The van der Waals surface area contributed by atoms with Crippen LogP contribution in [-0.2, 0) is 0 Å². The molecule has 16 heavy (non-hydrogen) atoms. The topological polar surface area (TPSA) is 35.2 Å². The molecule has 0 radical (unpaired) electrons. The number of ether oxygens (including phenoxy) is 1. The van der Waals surface area contributed by atoms with Crippen molar-refractivity contribution in [3.05, 3.63) is 28.3 Å². The Hall–Kier alpha value is -1.02. The van der Waals surface area contributed by atoms with Crippen molar-refractivity contribution in [2.24, 2.45) is 5.73 Å². The summed E-state index contributed by atoms with van der Waals surface area (Å²) in [5.41, 5.74) is 11.3. The fourth-order valence-corrected chi connectivity index (χ4v) is 2.57. The maximum absolute atomic E-state index is 6.27.